The van der Waals surface area contributed by atoms with E-state index >= 15 is 0 Å². The number of nitrogens with one attached hydrogen (secondary N) is 1. The summed E-state index contributed by atoms with van der Waals surface area (Å²) >= 11 is 0. The van der Waals surface area contributed by atoms with Crippen molar-refractivity contribution in [2.75, 3.05) is 13.1 Å². The van der Waals surface area contributed by atoms with Gasteiger partial charge in [0.15, 0.2) is 5.96 Å². The van der Waals surface area contributed by atoms with Crippen molar-refractivity contribution in [1.82, 2.24) is 10.2 Å². The number of rotatable bonds is 6. The Morgan fingerprint density at radius 3 is 2.40 bits per heavy atom. The van der Waals surface area contributed by atoms with Gasteiger partial charge in [-0.05, 0) is 39.5 Å². The van der Waals surface area contributed by atoms with Crippen molar-refractivity contribution in [3.8, 4) is 0 Å². The topological polar surface area (TPSA) is 53.6 Å². The first-order valence-corrected chi connectivity index (χ1v) is 7.99. The maximum absolute atomic E-state index is 5.98. The van der Waals surface area contributed by atoms with Gasteiger partial charge >= 0.3 is 0 Å². The maximum Gasteiger partial charge on any atom is 0.188 e. The third kappa shape index (κ3) is 6.16. The lowest BCUT2D eigenvalue weighted by atomic mass is 9.96. The average molecular weight is 394 g/mol. The minimum atomic E-state index is 0. The summed E-state index contributed by atoms with van der Waals surface area (Å²) in [6.45, 7) is 6.40. The lowest BCUT2D eigenvalue weighted by Gasteiger charge is -2.26. The predicted octanol–water partition coefficient (Wildman–Crippen LogP) is 2.71. The molecule has 2 aliphatic rings. The van der Waals surface area contributed by atoms with E-state index in [9.17, 15) is 0 Å². The zero-order chi connectivity index (χ0) is 13.7. The normalized spacial score (nSPS) is 21.1. The Morgan fingerprint density at radius 2 is 1.85 bits per heavy atom. The Hall–Kier alpha value is -0.0400. The summed E-state index contributed by atoms with van der Waals surface area (Å²) in [4.78, 5) is 7.05. The van der Waals surface area contributed by atoms with Crippen LogP contribution in [-0.4, -0.2) is 42.1 Å². The zero-order valence-electron chi connectivity index (χ0n) is 13.0. The fraction of sp³-hybridized carbons (Fsp3) is 0.933. The highest BCUT2D eigenvalue weighted by molar-refractivity contribution is 14.0. The van der Waals surface area contributed by atoms with Crippen LogP contribution in [0.25, 0.3) is 0 Å². The molecule has 0 unspecified atom stereocenters. The van der Waals surface area contributed by atoms with E-state index in [1.165, 1.54) is 44.9 Å². The van der Waals surface area contributed by atoms with E-state index in [4.69, 9.17) is 5.73 Å². The van der Waals surface area contributed by atoms with Crippen LogP contribution in [0.5, 0.6) is 0 Å². The van der Waals surface area contributed by atoms with Crippen molar-refractivity contribution in [3.63, 3.8) is 0 Å². The number of nitrogens with two attached hydrogens (primary N) is 1. The molecule has 0 bridgehead atoms. The number of hydrogen-bond acceptors (Lipinski definition) is 2. The first-order chi connectivity index (χ1) is 9.16. The second-order valence-corrected chi connectivity index (χ2v) is 6.31. The molecule has 2 aliphatic carbocycles. The van der Waals surface area contributed by atoms with Crippen LogP contribution in [0.4, 0.5) is 0 Å². The van der Waals surface area contributed by atoms with Crippen molar-refractivity contribution in [2.45, 2.75) is 76.9 Å². The molecular weight excluding hydrogens is 363 g/mol. The van der Waals surface area contributed by atoms with Gasteiger partial charge in [-0.2, -0.15) is 0 Å². The van der Waals surface area contributed by atoms with Gasteiger partial charge in [-0.3, -0.25) is 9.89 Å². The number of guanidine groups is 1. The van der Waals surface area contributed by atoms with Gasteiger partial charge in [-0.25, -0.2) is 0 Å². The maximum atomic E-state index is 5.98. The quantitative estimate of drug-likeness (QED) is 0.414. The standard InChI is InChI=1S/C15H30N4.HI/c1-12(2)19(14-8-9-14)11-10-17-15(16)18-13-6-4-3-5-7-13;/h12-14H,3-11H2,1-2H3,(H3,16,17,18);1H. The van der Waals surface area contributed by atoms with Crippen molar-refractivity contribution < 1.29 is 0 Å². The number of nitrogens with zero attached hydrogens (tertiary/aromatic N) is 2. The minimum absolute atomic E-state index is 0. The molecule has 20 heavy (non-hydrogen) atoms. The van der Waals surface area contributed by atoms with Gasteiger partial charge in [0.2, 0.25) is 0 Å². The van der Waals surface area contributed by atoms with Crippen LogP contribution in [0, 0.1) is 0 Å². The molecule has 2 saturated carbocycles. The molecule has 2 fully saturated rings. The van der Waals surface area contributed by atoms with Gasteiger partial charge in [-0.15, -0.1) is 24.0 Å². The highest BCUT2D eigenvalue weighted by Gasteiger charge is 2.29. The smallest absolute Gasteiger partial charge is 0.188 e. The molecule has 3 N–H and O–H groups in total. The molecule has 0 radical (unpaired) electrons. The summed E-state index contributed by atoms with van der Waals surface area (Å²) in [6, 6.07) is 1.99. The van der Waals surface area contributed by atoms with Crippen molar-refractivity contribution >= 4 is 29.9 Å². The predicted molar refractivity (Wildman–Crippen MR) is 96.8 cm³/mol. The molecule has 0 aromatic rings. The molecule has 0 heterocycles. The summed E-state index contributed by atoms with van der Waals surface area (Å²) in [7, 11) is 0. The molecule has 0 aromatic carbocycles. The SMILES string of the molecule is CC(C)N(CCN=C(N)NC1CCCCC1)C1CC1.I. The summed E-state index contributed by atoms with van der Waals surface area (Å²) in [5, 5.41) is 3.38. The molecule has 2 rings (SSSR count). The summed E-state index contributed by atoms with van der Waals surface area (Å²) in [5.74, 6) is 0.645. The van der Waals surface area contributed by atoms with E-state index < -0.39 is 0 Å². The third-order valence-electron chi connectivity index (χ3n) is 4.28. The highest BCUT2D eigenvalue weighted by Crippen LogP contribution is 2.28. The first kappa shape index (κ1) is 18.0. The van der Waals surface area contributed by atoms with Crippen LogP contribution in [-0.2, 0) is 0 Å². The monoisotopic (exact) mass is 394 g/mol. The molecule has 0 amide bonds. The van der Waals surface area contributed by atoms with Crippen molar-refractivity contribution in [3.05, 3.63) is 0 Å². The van der Waals surface area contributed by atoms with Crippen molar-refractivity contribution in [1.29, 1.82) is 0 Å². The molecule has 4 nitrogen and oxygen atoms in total. The molecule has 0 aromatic heterocycles. The van der Waals surface area contributed by atoms with Gasteiger partial charge in [0.25, 0.3) is 0 Å². The van der Waals surface area contributed by atoms with Gasteiger partial charge in [-0.1, -0.05) is 19.3 Å². The fourth-order valence-corrected chi connectivity index (χ4v) is 3.06. The number of aliphatic imine (C=N–C) groups is 1. The van der Waals surface area contributed by atoms with Crippen LogP contribution in [0.1, 0.15) is 58.8 Å². The Balaban J connectivity index is 0.00000200. The van der Waals surface area contributed by atoms with E-state index in [-0.39, 0.29) is 24.0 Å². The van der Waals surface area contributed by atoms with Gasteiger partial charge in [0.1, 0.15) is 0 Å². The second kappa shape index (κ2) is 9.07. The molecule has 118 valence electrons. The Labute approximate surface area is 141 Å². The van der Waals surface area contributed by atoms with Crippen LogP contribution in [0.3, 0.4) is 0 Å². The average Bonchev–Trinajstić information content (AvgIpc) is 3.19. The second-order valence-electron chi connectivity index (χ2n) is 6.31. The first-order valence-electron chi connectivity index (χ1n) is 7.99. The Kier molecular flexibility index (Phi) is 8.17. The van der Waals surface area contributed by atoms with E-state index in [0.717, 1.165) is 19.1 Å². The highest BCUT2D eigenvalue weighted by atomic mass is 127. The minimum Gasteiger partial charge on any atom is -0.370 e. The summed E-state index contributed by atoms with van der Waals surface area (Å²) in [6.07, 6.45) is 9.24. The lowest BCUT2D eigenvalue weighted by molar-refractivity contribution is 0.218. The number of halogens is 1. The largest absolute Gasteiger partial charge is 0.370 e. The Bertz CT molecular complexity index is 294. The van der Waals surface area contributed by atoms with E-state index in [1.807, 2.05) is 0 Å². The van der Waals surface area contributed by atoms with Crippen molar-refractivity contribution in [2.24, 2.45) is 10.7 Å². The van der Waals surface area contributed by atoms with E-state index in [1.54, 1.807) is 0 Å². The zero-order valence-corrected chi connectivity index (χ0v) is 15.3. The molecule has 5 heteroatoms. The van der Waals surface area contributed by atoms with Crippen LogP contribution in [0.2, 0.25) is 0 Å². The molecule has 0 atom stereocenters. The summed E-state index contributed by atoms with van der Waals surface area (Å²) in [5.41, 5.74) is 5.98. The summed E-state index contributed by atoms with van der Waals surface area (Å²) < 4.78 is 0. The molecule has 0 aliphatic heterocycles. The number of hydrogen-bond donors (Lipinski definition) is 2. The van der Waals surface area contributed by atoms with Gasteiger partial charge < -0.3 is 11.1 Å². The van der Waals surface area contributed by atoms with Gasteiger partial charge in [0.05, 0.1) is 6.54 Å². The fourth-order valence-electron chi connectivity index (χ4n) is 3.06. The third-order valence-corrected chi connectivity index (χ3v) is 4.28. The van der Waals surface area contributed by atoms with Gasteiger partial charge in [0, 0.05) is 24.7 Å². The van der Waals surface area contributed by atoms with Crippen LogP contribution in [0.15, 0.2) is 4.99 Å². The molecule has 0 spiro atoms. The van der Waals surface area contributed by atoms with Crippen LogP contribution < -0.4 is 11.1 Å². The molecular formula is C15H31IN4. The Morgan fingerprint density at radius 1 is 1.20 bits per heavy atom. The molecule has 0 saturated heterocycles. The van der Waals surface area contributed by atoms with E-state index in [2.05, 4.69) is 29.1 Å². The van der Waals surface area contributed by atoms with Crippen LogP contribution >= 0.6 is 24.0 Å². The lowest BCUT2D eigenvalue weighted by Crippen LogP contribution is -2.42. The van der Waals surface area contributed by atoms with E-state index in [0.29, 0.717) is 18.0 Å².